The molecule has 116 valence electrons. The van der Waals surface area contributed by atoms with Gasteiger partial charge in [0.25, 0.3) is 0 Å². The molecule has 0 aliphatic heterocycles. The second-order valence-electron chi connectivity index (χ2n) is 7.16. The molecule has 0 heterocycles. The molecule has 0 bridgehead atoms. The Morgan fingerprint density at radius 2 is 0.450 bits per heavy atom. The standard InChI is InChI=1S/C20H36/c1-3-7-11-15-19(16-12-8-4-1)20-17-13-9-5-2-6-10-14-18-20/h1-18H2. The molecule has 0 atom stereocenters. The Labute approximate surface area is 127 Å². The molecular formula is C20H36. The highest BCUT2D eigenvalue weighted by Crippen LogP contribution is 2.30. The van der Waals surface area contributed by atoms with Crippen LogP contribution in [0.25, 0.3) is 0 Å². The highest BCUT2D eigenvalue weighted by atomic mass is 14.2. The second kappa shape index (κ2) is 10.5. The van der Waals surface area contributed by atoms with Crippen molar-refractivity contribution in [1.82, 2.24) is 0 Å². The van der Waals surface area contributed by atoms with E-state index < -0.39 is 0 Å². The van der Waals surface area contributed by atoms with E-state index in [1.807, 2.05) is 11.1 Å². The largest absolute Gasteiger partial charge is 0.0710 e. The Morgan fingerprint density at radius 3 is 0.700 bits per heavy atom. The molecule has 2 fully saturated rings. The summed E-state index contributed by atoms with van der Waals surface area (Å²) >= 11 is 0. The summed E-state index contributed by atoms with van der Waals surface area (Å²) in [5.41, 5.74) is 3.82. The van der Waals surface area contributed by atoms with Crippen LogP contribution in [0.3, 0.4) is 0 Å². The second-order valence-corrected chi connectivity index (χ2v) is 7.16. The summed E-state index contributed by atoms with van der Waals surface area (Å²) in [6.45, 7) is 0. The molecule has 0 heteroatoms. The summed E-state index contributed by atoms with van der Waals surface area (Å²) in [6, 6.07) is 0. The van der Waals surface area contributed by atoms with Crippen LogP contribution < -0.4 is 0 Å². The molecule has 0 amide bonds. The van der Waals surface area contributed by atoms with Gasteiger partial charge < -0.3 is 0 Å². The van der Waals surface area contributed by atoms with Gasteiger partial charge in [0, 0.05) is 0 Å². The molecule has 0 saturated heterocycles. The van der Waals surface area contributed by atoms with Gasteiger partial charge >= 0.3 is 0 Å². The van der Waals surface area contributed by atoms with Crippen molar-refractivity contribution in [2.75, 3.05) is 0 Å². The fraction of sp³-hybridized carbons (Fsp3) is 0.900. The van der Waals surface area contributed by atoms with Crippen molar-refractivity contribution in [2.45, 2.75) is 116 Å². The first kappa shape index (κ1) is 16.1. The summed E-state index contributed by atoms with van der Waals surface area (Å²) in [7, 11) is 0. The van der Waals surface area contributed by atoms with Crippen molar-refractivity contribution in [3.63, 3.8) is 0 Å². The van der Waals surface area contributed by atoms with Gasteiger partial charge in [-0.25, -0.2) is 0 Å². The Morgan fingerprint density at radius 1 is 0.250 bits per heavy atom. The monoisotopic (exact) mass is 276 g/mol. The summed E-state index contributed by atoms with van der Waals surface area (Å²) in [5.74, 6) is 0. The van der Waals surface area contributed by atoms with Gasteiger partial charge in [-0.2, -0.15) is 0 Å². The van der Waals surface area contributed by atoms with Crippen LogP contribution in [0.4, 0.5) is 0 Å². The van der Waals surface area contributed by atoms with E-state index in [2.05, 4.69) is 0 Å². The molecule has 0 N–H and O–H groups in total. The van der Waals surface area contributed by atoms with Crippen LogP contribution in [0, 0.1) is 0 Å². The minimum absolute atomic E-state index is 1.44. The first-order valence-electron chi connectivity index (χ1n) is 9.66. The molecular weight excluding hydrogens is 240 g/mol. The van der Waals surface area contributed by atoms with E-state index in [1.165, 1.54) is 116 Å². The Balaban J connectivity index is 1.94. The first-order chi connectivity index (χ1) is 9.97. The highest BCUT2D eigenvalue weighted by Gasteiger charge is 2.10. The molecule has 20 heavy (non-hydrogen) atoms. The molecule has 0 aromatic heterocycles. The minimum atomic E-state index is 1.44. The molecule has 0 unspecified atom stereocenters. The van der Waals surface area contributed by atoms with Gasteiger partial charge in [0.2, 0.25) is 0 Å². The van der Waals surface area contributed by atoms with E-state index in [0.29, 0.717) is 0 Å². The SMILES string of the molecule is C1CCCCC(=C2CCCCCCCCC2)CCCC1. The fourth-order valence-electron chi connectivity index (χ4n) is 4.08. The van der Waals surface area contributed by atoms with Crippen LogP contribution in [-0.4, -0.2) is 0 Å². The third kappa shape index (κ3) is 6.46. The van der Waals surface area contributed by atoms with Crippen molar-refractivity contribution in [2.24, 2.45) is 0 Å². The summed E-state index contributed by atoms with van der Waals surface area (Å²) < 4.78 is 0. The Bertz CT molecular complexity index is 222. The fourth-order valence-corrected chi connectivity index (χ4v) is 4.08. The zero-order valence-corrected chi connectivity index (χ0v) is 13.7. The van der Waals surface area contributed by atoms with Crippen LogP contribution in [-0.2, 0) is 0 Å². The number of rotatable bonds is 0. The van der Waals surface area contributed by atoms with E-state index in [4.69, 9.17) is 0 Å². The average molecular weight is 277 g/mol. The normalized spacial score (nSPS) is 25.2. The van der Waals surface area contributed by atoms with Gasteiger partial charge in [0.05, 0.1) is 0 Å². The lowest BCUT2D eigenvalue weighted by Crippen LogP contribution is -1.99. The predicted octanol–water partition coefficient (Wildman–Crippen LogP) is 7.33. The molecule has 0 aromatic carbocycles. The van der Waals surface area contributed by atoms with E-state index in [0.717, 1.165) is 0 Å². The maximum Gasteiger partial charge on any atom is -0.0318 e. The zero-order chi connectivity index (χ0) is 13.9. The Kier molecular flexibility index (Phi) is 8.43. The van der Waals surface area contributed by atoms with Crippen molar-refractivity contribution >= 4 is 0 Å². The first-order valence-corrected chi connectivity index (χ1v) is 9.66. The molecule has 2 aliphatic carbocycles. The van der Waals surface area contributed by atoms with Crippen molar-refractivity contribution in [1.29, 1.82) is 0 Å². The van der Waals surface area contributed by atoms with Crippen LogP contribution in [0.2, 0.25) is 0 Å². The van der Waals surface area contributed by atoms with Gasteiger partial charge in [-0.15, -0.1) is 0 Å². The third-order valence-corrected chi connectivity index (χ3v) is 5.41. The minimum Gasteiger partial charge on any atom is -0.0710 e. The number of hydrogen-bond donors (Lipinski definition) is 0. The quantitative estimate of drug-likeness (QED) is 0.406. The van der Waals surface area contributed by atoms with Crippen molar-refractivity contribution in [3.05, 3.63) is 11.1 Å². The zero-order valence-electron chi connectivity index (χ0n) is 13.7. The maximum absolute atomic E-state index is 1.91. The van der Waals surface area contributed by atoms with Gasteiger partial charge in [0.15, 0.2) is 0 Å². The number of allylic oxidation sites excluding steroid dienone is 2. The topological polar surface area (TPSA) is 0 Å². The van der Waals surface area contributed by atoms with E-state index in [9.17, 15) is 0 Å². The maximum atomic E-state index is 1.91. The predicted molar refractivity (Wildman–Crippen MR) is 90.1 cm³/mol. The summed E-state index contributed by atoms with van der Waals surface area (Å²) in [4.78, 5) is 0. The van der Waals surface area contributed by atoms with Gasteiger partial charge in [-0.05, 0) is 51.4 Å². The van der Waals surface area contributed by atoms with E-state index >= 15 is 0 Å². The van der Waals surface area contributed by atoms with E-state index in [-0.39, 0.29) is 0 Å². The Hall–Kier alpha value is -0.260. The van der Waals surface area contributed by atoms with Gasteiger partial charge in [-0.3, -0.25) is 0 Å². The molecule has 0 spiro atoms. The molecule has 2 rings (SSSR count). The van der Waals surface area contributed by atoms with Crippen LogP contribution in [0.15, 0.2) is 11.1 Å². The van der Waals surface area contributed by atoms with Gasteiger partial charge in [-0.1, -0.05) is 75.4 Å². The molecule has 0 nitrogen and oxygen atoms in total. The lowest BCUT2D eigenvalue weighted by molar-refractivity contribution is 0.528. The average Bonchev–Trinajstić information content (AvgIpc) is 2.50. The lowest BCUT2D eigenvalue weighted by atomic mass is 9.88. The van der Waals surface area contributed by atoms with Crippen LogP contribution in [0.1, 0.15) is 116 Å². The smallest absolute Gasteiger partial charge is 0.0318 e. The van der Waals surface area contributed by atoms with Crippen molar-refractivity contribution in [3.8, 4) is 0 Å². The third-order valence-electron chi connectivity index (χ3n) is 5.41. The van der Waals surface area contributed by atoms with Crippen LogP contribution in [0.5, 0.6) is 0 Å². The van der Waals surface area contributed by atoms with E-state index in [1.54, 1.807) is 0 Å². The molecule has 2 aliphatic rings. The number of hydrogen-bond acceptors (Lipinski definition) is 0. The summed E-state index contributed by atoms with van der Waals surface area (Å²) in [6.07, 6.45) is 26.5. The van der Waals surface area contributed by atoms with Crippen molar-refractivity contribution < 1.29 is 0 Å². The molecule has 0 aromatic rings. The lowest BCUT2D eigenvalue weighted by Gasteiger charge is -2.18. The molecule has 2 saturated carbocycles. The van der Waals surface area contributed by atoms with Crippen LogP contribution >= 0.6 is 0 Å². The summed E-state index contributed by atoms with van der Waals surface area (Å²) in [5, 5.41) is 0. The molecule has 0 radical (unpaired) electrons. The highest BCUT2D eigenvalue weighted by molar-refractivity contribution is 5.15. The van der Waals surface area contributed by atoms with Gasteiger partial charge in [0.1, 0.15) is 0 Å².